The molecule has 0 saturated heterocycles. The van der Waals surface area contributed by atoms with Gasteiger partial charge < -0.3 is 0 Å². The van der Waals surface area contributed by atoms with Crippen LogP contribution >= 0.6 is 7.26 Å². The quantitative estimate of drug-likeness (QED) is 0.126. The third kappa shape index (κ3) is 5.89. The average molecular weight is 510 g/mol. The molecule has 0 unspecified atom stereocenters. The summed E-state index contributed by atoms with van der Waals surface area (Å²) < 4.78 is 0. The molecular formula is C35H30N2P+. The van der Waals surface area contributed by atoms with Crippen LogP contribution in [0.2, 0.25) is 0 Å². The molecule has 184 valence electrons. The van der Waals surface area contributed by atoms with Crippen molar-refractivity contribution in [3.63, 3.8) is 0 Å². The summed E-state index contributed by atoms with van der Waals surface area (Å²) in [7, 11) is -2.19. The predicted octanol–water partition coefficient (Wildman–Crippen LogP) is 7.27. The van der Waals surface area contributed by atoms with E-state index in [0.29, 0.717) is 0 Å². The van der Waals surface area contributed by atoms with Crippen LogP contribution in [0.4, 0.5) is 0 Å². The number of rotatable bonds is 9. The van der Waals surface area contributed by atoms with Gasteiger partial charge in [-0.15, -0.1) is 0 Å². The van der Waals surface area contributed by atoms with Gasteiger partial charge in [0.05, 0.1) is 11.5 Å². The largest absolute Gasteiger partial charge is 0.274 e. The van der Waals surface area contributed by atoms with Crippen molar-refractivity contribution in [2.45, 2.75) is 0 Å². The van der Waals surface area contributed by atoms with Crippen molar-refractivity contribution in [2.75, 3.05) is 0 Å². The predicted molar refractivity (Wildman–Crippen MR) is 167 cm³/mol. The highest BCUT2D eigenvalue weighted by Crippen LogP contribution is 2.58. The Balaban J connectivity index is 1.65. The summed E-state index contributed by atoms with van der Waals surface area (Å²) in [6.45, 7) is 0. The highest BCUT2D eigenvalue weighted by atomic mass is 31.2. The summed E-state index contributed by atoms with van der Waals surface area (Å²) in [4.78, 5) is 0. The second kappa shape index (κ2) is 12.6. The van der Waals surface area contributed by atoms with E-state index >= 15 is 0 Å². The van der Waals surface area contributed by atoms with Gasteiger partial charge in [0, 0.05) is 11.8 Å². The van der Waals surface area contributed by atoms with Gasteiger partial charge in [-0.05, 0) is 48.0 Å². The van der Waals surface area contributed by atoms with Crippen molar-refractivity contribution in [1.82, 2.24) is 5.43 Å². The molecule has 38 heavy (non-hydrogen) atoms. The zero-order valence-corrected chi connectivity index (χ0v) is 22.0. The van der Waals surface area contributed by atoms with Crippen molar-refractivity contribution in [3.8, 4) is 0 Å². The molecule has 5 aromatic carbocycles. The van der Waals surface area contributed by atoms with Crippen molar-refractivity contribution >= 4 is 41.2 Å². The minimum Gasteiger partial charge on any atom is -0.274 e. The highest BCUT2D eigenvalue weighted by molar-refractivity contribution is 7.98. The molecule has 0 aromatic heterocycles. The summed E-state index contributed by atoms with van der Waals surface area (Å²) >= 11 is 0. The number of hydrogen-bond acceptors (Lipinski definition) is 2. The Hall–Kier alpha value is -4.52. The van der Waals surface area contributed by atoms with E-state index in [9.17, 15) is 0 Å². The Kier molecular flexibility index (Phi) is 8.36. The molecule has 5 aromatic rings. The maximum atomic E-state index is 4.62. The number of nitrogens with one attached hydrogen (secondary N) is 1. The summed E-state index contributed by atoms with van der Waals surface area (Å²) in [6, 6.07) is 53.2. The minimum atomic E-state index is -2.19. The summed E-state index contributed by atoms with van der Waals surface area (Å²) in [5.41, 5.74) is 6.59. The summed E-state index contributed by atoms with van der Waals surface area (Å²) in [5, 5.41) is 8.49. The van der Waals surface area contributed by atoms with Gasteiger partial charge in [0.15, 0.2) is 0 Å². The fraction of sp³-hybridized carbons (Fsp3) is 0. The van der Waals surface area contributed by atoms with Crippen LogP contribution in [-0.2, 0) is 0 Å². The zero-order valence-electron chi connectivity index (χ0n) is 21.1. The zero-order chi connectivity index (χ0) is 25.9. The van der Waals surface area contributed by atoms with Crippen LogP contribution in [-0.4, -0.2) is 6.21 Å². The molecule has 0 radical (unpaired) electrons. The third-order valence-corrected chi connectivity index (χ3v) is 10.3. The fourth-order valence-electron chi connectivity index (χ4n) is 4.51. The fourth-order valence-corrected chi connectivity index (χ4v) is 8.37. The summed E-state index contributed by atoms with van der Waals surface area (Å²) in [6.07, 6.45) is 5.81. The standard InChI is InChI=1S/C35H30N2P/c1-6-17-30(18-7-1)19-16-28-36-37-35(31-20-8-2-9-21-31)29-38(32-22-10-3-11-23-32,33-24-12-4-13-25-33)34-26-14-5-15-27-34/h1-29,37H/q+1/b19-16+,35-29+,36-28+. The van der Waals surface area contributed by atoms with Gasteiger partial charge in [-0.1, -0.05) is 121 Å². The van der Waals surface area contributed by atoms with Gasteiger partial charge in [-0.25, -0.2) is 0 Å². The molecule has 0 aliphatic rings. The lowest BCUT2D eigenvalue weighted by Gasteiger charge is -2.25. The Morgan fingerprint density at radius 3 is 1.42 bits per heavy atom. The molecule has 3 heteroatoms. The van der Waals surface area contributed by atoms with Crippen molar-refractivity contribution < 1.29 is 0 Å². The normalized spacial score (nSPS) is 12.2. The SMILES string of the molecule is C(=C\c1ccccc1)/C=N/N/C(=C/[P+](c1ccccc1)(c1ccccc1)c1ccccc1)c1ccccc1. The topological polar surface area (TPSA) is 24.4 Å². The Morgan fingerprint density at radius 1 is 0.526 bits per heavy atom. The molecule has 1 N–H and O–H groups in total. The maximum Gasteiger partial charge on any atom is 0.139 e. The van der Waals surface area contributed by atoms with Crippen molar-refractivity contribution in [2.24, 2.45) is 5.10 Å². The molecule has 0 fully saturated rings. The number of benzene rings is 5. The lowest BCUT2D eigenvalue weighted by molar-refractivity contribution is 1.00. The van der Waals surface area contributed by atoms with E-state index < -0.39 is 7.26 Å². The molecule has 0 atom stereocenters. The molecule has 5 rings (SSSR count). The number of allylic oxidation sites excluding steroid dienone is 1. The van der Waals surface area contributed by atoms with Gasteiger partial charge in [0.1, 0.15) is 23.2 Å². The van der Waals surface area contributed by atoms with Gasteiger partial charge >= 0.3 is 0 Å². The monoisotopic (exact) mass is 509 g/mol. The van der Waals surface area contributed by atoms with Crippen LogP contribution in [0.1, 0.15) is 11.1 Å². The smallest absolute Gasteiger partial charge is 0.139 e. The van der Waals surface area contributed by atoms with Crippen molar-refractivity contribution in [1.29, 1.82) is 0 Å². The molecule has 0 saturated carbocycles. The van der Waals surface area contributed by atoms with Crippen LogP contribution in [0.5, 0.6) is 0 Å². The van der Waals surface area contributed by atoms with Gasteiger partial charge in [0.25, 0.3) is 0 Å². The van der Waals surface area contributed by atoms with E-state index in [1.54, 1.807) is 6.21 Å². The Labute approximate surface area is 226 Å². The average Bonchev–Trinajstić information content (AvgIpc) is 3.01. The second-order valence-corrected chi connectivity index (χ2v) is 12.1. The number of hydrogen-bond donors (Lipinski definition) is 1. The minimum absolute atomic E-state index is 0.972. The lowest BCUT2D eigenvalue weighted by Crippen LogP contribution is -2.30. The van der Waals surface area contributed by atoms with Crippen LogP contribution < -0.4 is 21.3 Å². The lowest BCUT2D eigenvalue weighted by atomic mass is 10.2. The molecular weight excluding hydrogens is 479 g/mol. The van der Waals surface area contributed by atoms with E-state index in [-0.39, 0.29) is 0 Å². The maximum absolute atomic E-state index is 4.62. The Morgan fingerprint density at radius 2 is 0.947 bits per heavy atom. The highest BCUT2D eigenvalue weighted by Gasteiger charge is 2.44. The molecule has 0 amide bonds. The second-order valence-electron chi connectivity index (χ2n) is 8.80. The first-order valence-electron chi connectivity index (χ1n) is 12.7. The van der Waals surface area contributed by atoms with Gasteiger partial charge in [-0.2, -0.15) is 5.10 Å². The first kappa shape index (κ1) is 25.1. The summed E-state index contributed by atoms with van der Waals surface area (Å²) in [5.74, 6) is 2.42. The van der Waals surface area contributed by atoms with Gasteiger partial charge in [0.2, 0.25) is 0 Å². The van der Waals surface area contributed by atoms with E-state index in [1.807, 2.05) is 36.4 Å². The third-order valence-electron chi connectivity index (χ3n) is 6.33. The number of hydrazone groups is 1. The first-order chi connectivity index (χ1) is 18.9. The van der Waals surface area contributed by atoms with Crippen LogP contribution in [0.3, 0.4) is 0 Å². The Bertz CT molecular complexity index is 1400. The first-order valence-corrected chi connectivity index (χ1v) is 14.6. The van der Waals surface area contributed by atoms with E-state index in [0.717, 1.165) is 16.8 Å². The van der Waals surface area contributed by atoms with Crippen LogP contribution in [0.15, 0.2) is 169 Å². The molecule has 0 heterocycles. The molecule has 0 bridgehead atoms. The number of nitrogens with zero attached hydrogens (tertiary/aromatic N) is 1. The van der Waals surface area contributed by atoms with Gasteiger partial charge in [-0.3, -0.25) is 5.43 Å². The molecule has 2 nitrogen and oxygen atoms in total. The van der Waals surface area contributed by atoms with E-state index in [4.69, 9.17) is 0 Å². The molecule has 0 aliphatic heterocycles. The molecule has 0 spiro atoms. The van der Waals surface area contributed by atoms with E-state index in [2.05, 4.69) is 144 Å². The van der Waals surface area contributed by atoms with E-state index in [1.165, 1.54) is 15.9 Å². The van der Waals surface area contributed by atoms with Crippen LogP contribution in [0.25, 0.3) is 11.8 Å². The molecule has 0 aliphatic carbocycles. The van der Waals surface area contributed by atoms with Crippen molar-refractivity contribution in [3.05, 3.63) is 175 Å². The van der Waals surface area contributed by atoms with Crippen LogP contribution in [0, 0.1) is 0 Å².